The van der Waals surface area contributed by atoms with Crippen molar-refractivity contribution >= 4 is 11.5 Å². The van der Waals surface area contributed by atoms with Crippen LogP contribution in [0.25, 0.3) is 0 Å². The number of ketones is 1. The summed E-state index contributed by atoms with van der Waals surface area (Å²) in [5.74, 6) is -0.331. The fourth-order valence-corrected chi connectivity index (χ4v) is 2.24. The fourth-order valence-electron chi connectivity index (χ4n) is 2.24. The van der Waals surface area contributed by atoms with Gasteiger partial charge in [0.1, 0.15) is 5.56 Å². The van der Waals surface area contributed by atoms with Crippen LogP contribution in [0.2, 0.25) is 0 Å². The van der Waals surface area contributed by atoms with E-state index in [4.69, 9.17) is 14.2 Å². The minimum atomic E-state index is -0.652. The number of ether oxygens (including phenoxy) is 3. The molecule has 0 radical (unpaired) electrons. The van der Waals surface area contributed by atoms with E-state index in [-0.39, 0.29) is 22.8 Å². The van der Waals surface area contributed by atoms with Crippen LogP contribution in [0.3, 0.4) is 0 Å². The van der Waals surface area contributed by atoms with Crippen LogP contribution < -0.4 is 14.2 Å². The number of hydrogen-bond acceptors (Lipinski definition) is 6. The summed E-state index contributed by atoms with van der Waals surface area (Å²) in [5.41, 5.74) is -0.282. The van der Waals surface area contributed by atoms with Gasteiger partial charge in [0.2, 0.25) is 11.5 Å². The van der Waals surface area contributed by atoms with E-state index in [1.54, 1.807) is 30.3 Å². The van der Waals surface area contributed by atoms with Crippen molar-refractivity contribution in [2.24, 2.45) is 0 Å². The monoisotopic (exact) mass is 317 g/mol. The number of carbonyl (C=O) groups excluding carboxylic acids is 1. The Balaban J connectivity index is 2.79. The summed E-state index contributed by atoms with van der Waals surface area (Å²) >= 11 is 0. The molecule has 0 aliphatic heterocycles. The van der Waals surface area contributed by atoms with Gasteiger partial charge in [-0.05, 0) is 0 Å². The molecule has 120 valence electrons. The molecular weight excluding hydrogens is 302 g/mol. The van der Waals surface area contributed by atoms with Gasteiger partial charge in [-0.2, -0.15) is 0 Å². The first kappa shape index (κ1) is 16.3. The Morgan fingerprint density at radius 1 is 1.00 bits per heavy atom. The summed E-state index contributed by atoms with van der Waals surface area (Å²) in [5, 5.41) is 11.4. The molecule has 2 aromatic carbocycles. The summed E-state index contributed by atoms with van der Waals surface area (Å²) in [4.78, 5) is 23.5. The largest absolute Gasteiger partial charge is 0.492 e. The van der Waals surface area contributed by atoms with Crippen molar-refractivity contribution in [2.75, 3.05) is 21.3 Å². The molecule has 0 bridgehead atoms. The van der Waals surface area contributed by atoms with Gasteiger partial charge in [-0.3, -0.25) is 14.9 Å². The second-order valence-electron chi connectivity index (χ2n) is 4.49. The fraction of sp³-hybridized carbons (Fsp3) is 0.188. The molecule has 0 atom stereocenters. The van der Waals surface area contributed by atoms with E-state index in [2.05, 4.69) is 0 Å². The average molecular weight is 317 g/mol. The van der Waals surface area contributed by atoms with E-state index in [0.717, 1.165) is 6.07 Å². The first-order valence-corrected chi connectivity index (χ1v) is 6.62. The lowest BCUT2D eigenvalue weighted by atomic mass is 9.99. The molecule has 0 unspecified atom stereocenters. The maximum absolute atomic E-state index is 12.7. The molecule has 0 aromatic heterocycles. The molecule has 23 heavy (non-hydrogen) atoms. The lowest BCUT2D eigenvalue weighted by molar-refractivity contribution is -0.385. The molecule has 0 spiro atoms. The van der Waals surface area contributed by atoms with E-state index in [1.165, 1.54) is 21.3 Å². The molecule has 7 nitrogen and oxygen atoms in total. The number of nitro groups is 1. The molecular formula is C16H15NO6. The Hall–Kier alpha value is -3.09. The highest BCUT2D eigenvalue weighted by molar-refractivity contribution is 6.14. The molecule has 0 amide bonds. The molecule has 7 heteroatoms. The second-order valence-corrected chi connectivity index (χ2v) is 4.49. The SMILES string of the molecule is COc1cc([N+](=O)[O-])c(C(=O)c2ccccc2)c(OC)c1OC. The van der Waals surface area contributed by atoms with Crippen LogP contribution >= 0.6 is 0 Å². The highest BCUT2D eigenvalue weighted by Crippen LogP contribution is 2.45. The summed E-state index contributed by atoms with van der Waals surface area (Å²) < 4.78 is 15.5. The number of nitrogens with zero attached hydrogens (tertiary/aromatic N) is 1. The van der Waals surface area contributed by atoms with E-state index < -0.39 is 16.4 Å². The third-order valence-electron chi connectivity index (χ3n) is 3.27. The summed E-state index contributed by atoms with van der Waals surface area (Å²) in [6.45, 7) is 0. The van der Waals surface area contributed by atoms with E-state index in [1.807, 2.05) is 0 Å². The van der Waals surface area contributed by atoms with Crippen LogP contribution in [-0.2, 0) is 0 Å². The minimum absolute atomic E-state index is 0.0348. The first-order valence-electron chi connectivity index (χ1n) is 6.62. The van der Waals surface area contributed by atoms with E-state index >= 15 is 0 Å². The number of methoxy groups -OCH3 is 3. The maximum atomic E-state index is 12.7. The van der Waals surface area contributed by atoms with Crippen molar-refractivity contribution in [3.8, 4) is 17.2 Å². The third-order valence-corrected chi connectivity index (χ3v) is 3.27. The molecule has 0 fully saturated rings. The van der Waals surface area contributed by atoms with Crippen LogP contribution in [0.1, 0.15) is 15.9 Å². The number of hydrogen-bond donors (Lipinski definition) is 0. The number of benzene rings is 2. The van der Waals surface area contributed by atoms with Crippen molar-refractivity contribution < 1.29 is 23.9 Å². The van der Waals surface area contributed by atoms with Gasteiger partial charge < -0.3 is 14.2 Å². The van der Waals surface area contributed by atoms with Gasteiger partial charge in [-0.1, -0.05) is 30.3 Å². The molecule has 0 saturated carbocycles. The van der Waals surface area contributed by atoms with Gasteiger partial charge in [-0.15, -0.1) is 0 Å². The molecule has 2 rings (SSSR count). The Labute approximate surface area is 132 Å². The predicted molar refractivity (Wildman–Crippen MR) is 82.6 cm³/mol. The number of nitro benzene ring substituents is 1. The van der Waals surface area contributed by atoms with Crippen LogP contribution in [0.15, 0.2) is 36.4 Å². The molecule has 0 heterocycles. The van der Waals surface area contributed by atoms with Crippen molar-refractivity contribution in [2.45, 2.75) is 0 Å². The zero-order valence-corrected chi connectivity index (χ0v) is 12.9. The van der Waals surface area contributed by atoms with Crippen molar-refractivity contribution in [1.82, 2.24) is 0 Å². The van der Waals surface area contributed by atoms with Crippen molar-refractivity contribution in [3.05, 3.63) is 57.6 Å². The van der Waals surface area contributed by atoms with Gasteiger partial charge in [0, 0.05) is 5.56 Å². The van der Waals surface area contributed by atoms with Crippen molar-refractivity contribution in [3.63, 3.8) is 0 Å². The van der Waals surface area contributed by atoms with E-state index in [9.17, 15) is 14.9 Å². The van der Waals surface area contributed by atoms with Gasteiger partial charge in [0.25, 0.3) is 5.69 Å². The standard InChI is InChI=1S/C16H15NO6/c1-21-12-9-11(17(19)20)13(16(23-3)15(12)22-2)14(18)10-7-5-4-6-8-10/h4-9H,1-3H3. The smallest absolute Gasteiger partial charge is 0.288 e. The summed E-state index contributed by atoms with van der Waals surface area (Å²) in [7, 11) is 4.02. The molecule has 0 N–H and O–H groups in total. The van der Waals surface area contributed by atoms with Crippen LogP contribution in [0.5, 0.6) is 17.2 Å². The van der Waals surface area contributed by atoms with Gasteiger partial charge in [-0.25, -0.2) is 0 Å². The number of carbonyl (C=O) groups is 1. The predicted octanol–water partition coefficient (Wildman–Crippen LogP) is 2.85. The Bertz CT molecular complexity index is 742. The van der Waals surface area contributed by atoms with Gasteiger partial charge >= 0.3 is 0 Å². The quantitative estimate of drug-likeness (QED) is 0.462. The average Bonchev–Trinajstić information content (AvgIpc) is 2.59. The summed E-state index contributed by atoms with van der Waals surface area (Å²) in [6.07, 6.45) is 0. The normalized spacial score (nSPS) is 10.0. The van der Waals surface area contributed by atoms with Gasteiger partial charge in [0.05, 0.1) is 32.3 Å². The molecule has 0 aliphatic carbocycles. The summed E-state index contributed by atoms with van der Waals surface area (Å²) in [6, 6.07) is 9.39. The minimum Gasteiger partial charge on any atom is -0.492 e. The van der Waals surface area contributed by atoms with Crippen LogP contribution in [-0.4, -0.2) is 32.0 Å². The van der Waals surface area contributed by atoms with Crippen molar-refractivity contribution in [1.29, 1.82) is 0 Å². The zero-order chi connectivity index (χ0) is 17.0. The first-order chi connectivity index (χ1) is 11.0. The molecule has 2 aromatic rings. The number of rotatable bonds is 6. The highest BCUT2D eigenvalue weighted by atomic mass is 16.6. The topological polar surface area (TPSA) is 87.9 Å². The highest BCUT2D eigenvalue weighted by Gasteiger charge is 2.32. The Morgan fingerprint density at radius 2 is 1.61 bits per heavy atom. The maximum Gasteiger partial charge on any atom is 0.288 e. The lowest BCUT2D eigenvalue weighted by Crippen LogP contribution is -2.10. The Kier molecular flexibility index (Phi) is 4.80. The molecule has 0 saturated heterocycles. The van der Waals surface area contributed by atoms with Crippen LogP contribution in [0, 0.1) is 10.1 Å². The lowest BCUT2D eigenvalue weighted by Gasteiger charge is -2.15. The van der Waals surface area contributed by atoms with E-state index in [0.29, 0.717) is 5.56 Å². The second kappa shape index (κ2) is 6.78. The molecule has 0 aliphatic rings. The Morgan fingerprint density at radius 3 is 2.09 bits per heavy atom. The van der Waals surface area contributed by atoms with Gasteiger partial charge in [0.15, 0.2) is 11.5 Å². The third kappa shape index (κ3) is 2.94. The zero-order valence-electron chi connectivity index (χ0n) is 12.9. The van der Waals surface area contributed by atoms with Crippen LogP contribution in [0.4, 0.5) is 5.69 Å².